The van der Waals surface area contributed by atoms with E-state index in [-0.39, 0.29) is 6.23 Å². The molecule has 0 bridgehead atoms. The second-order valence-corrected chi connectivity index (χ2v) is 5.45. The molecule has 0 radical (unpaired) electrons. The predicted molar refractivity (Wildman–Crippen MR) is 79.4 cm³/mol. The van der Waals surface area contributed by atoms with E-state index in [1.807, 2.05) is 24.4 Å². The van der Waals surface area contributed by atoms with E-state index in [2.05, 4.69) is 51.1 Å². The van der Waals surface area contributed by atoms with Crippen LogP contribution in [0.4, 0.5) is 5.82 Å². The summed E-state index contributed by atoms with van der Waals surface area (Å²) in [6.45, 7) is 0.749. The number of pyridine rings is 1. The Balaban J connectivity index is 1.84. The lowest BCUT2D eigenvalue weighted by molar-refractivity contribution is 0.0615. The minimum absolute atomic E-state index is 0.0949. The van der Waals surface area contributed by atoms with E-state index < -0.39 is 0 Å². The van der Waals surface area contributed by atoms with Crippen molar-refractivity contribution in [3.63, 3.8) is 0 Å². The van der Waals surface area contributed by atoms with E-state index in [1.54, 1.807) is 0 Å². The van der Waals surface area contributed by atoms with Crippen molar-refractivity contribution in [2.75, 3.05) is 11.9 Å². The monoisotopic (exact) mass is 352 g/mol. The van der Waals surface area contributed by atoms with Crippen molar-refractivity contribution in [1.82, 2.24) is 4.98 Å². The molecular formula is C14H13IN2O. The van der Waals surface area contributed by atoms with Gasteiger partial charge in [-0.25, -0.2) is 4.98 Å². The van der Waals surface area contributed by atoms with E-state index in [0.29, 0.717) is 0 Å². The lowest BCUT2D eigenvalue weighted by Crippen LogP contribution is -2.22. The van der Waals surface area contributed by atoms with Crippen molar-refractivity contribution in [1.29, 1.82) is 0 Å². The molecule has 1 aromatic heterocycles. The number of fused-ring (bicyclic) bond motifs is 1. The highest BCUT2D eigenvalue weighted by Crippen LogP contribution is 2.27. The van der Waals surface area contributed by atoms with Crippen LogP contribution in [0, 0.1) is 3.57 Å². The number of hydrogen-bond acceptors (Lipinski definition) is 3. The molecule has 3 rings (SSSR count). The molecule has 18 heavy (non-hydrogen) atoms. The Kier molecular flexibility index (Phi) is 3.47. The van der Waals surface area contributed by atoms with Gasteiger partial charge in [0, 0.05) is 15.3 Å². The number of nitrogens with one attached hydrogen (secondary N) is 1. The zero-order chi connectivity index (χ0) is 12.4. The molecule has 1 aliphatic rings. The second kappa shape index (κ2) is 5.24. The van der Waals surface area contributed by atoms with Gasteiger partial charge in [-0.2, -0.15) is 0 Å². The maximum Gasteiger partial charge on any atom is 0.155 e. The molecule has 1 aliphatic heterocycles. The van der Waals surface area contributed by atoms with Crippen LogP contribution in [0.2, 0.25) is 0 Å². The summed E-state index contributed by atoms with van der Waals surface area (Å²) in [4.78, 5) is 4.35. The first-order valence-electron chi connectivity index (χ1n) is 5.90. The van der Waals surface area contributed by atoms with Gasteiger partial charge in [0.1, 0.15) is 5.82 Å². The van der Waals surface area contributed by atoms with Gasteiger partial charge in [-0.1, -0.05) is 24.3 Å². The summed E-state index contributed by atoms with van der Waals surface area (Å²) in [5, 5.41) is 3.33. The molecule has 1 aromatic carbocycles. The Bertz CT molecular complexity index is 542. The van der Waals surface area contributed by atoms with E-state index >= 15 is 0 Å². The fraction of sp³-hybridized carbons (Fsp3) is 0.214. The average molecular weight is 352 g/mol. The van der Waals surface area contributed by atoms with E-state index in [0.717, 1.165) is 22.4 Å². The molecule has 1 atom stereocenters. The van der Waals surface area contributed by atoms with Gasteiger partial charge >= 0.3 is 0 Å². The topological polar surface area (TPSA) is 34.1 Å². The molecule has 0 saturated heterocycles. The average Bonchev–Trinajstić information content (AvgIpc) is 2.42. The summed E-state index contributed by atoms with van der Waals surface area (Å²) in [5.74, 6) is 0.845. The fourth-order valence-corrected chi connectivity index (χ4v) is 2.43. The number of benzene rings is 1. The van der Waals surface area contributed by atoms with Crippen LogP contribution in [0.3, 0.4) is 0 Å². The maximum absolute atomic E-state index is 5.79. The number of aromatic nitrogens is 1. The Hall–Kier alpha value is -1.14. The summed E-state index contributed by atoms with van der Waals surface area (Å²) < 4.78 is 6.91. The zero-order valence-electron chi connectivity index (χ0n) is 9.77. The highest BCUT2D eigenvalue weighted by Gasteiger charge is 2.20. The summed E-state index contributed by atoms with van der Waals surface area (Å²) in [7, 11) is 0. The van der Waals surface area contributed by atoms with Crippen LogP contribution in [0.1, 0.15) is 17.4 Å². The molecule has 92 valence electrons. The van der Waals surface area contributed by atoms with Gasteiger partial charge in [0.25, 0.3) is 0 Å². The third-order valence-corrected chi connectivity index (χ3v) is 3.64. The van der Waals surface area contributed by atoms with E-state index in [9.17, 15) is 0 Å². The third kappa shape index (κ3) is 2.49. The van der Waals surface area contributed by atoms with Crippen molar-refractivity contribution in [2.24, 2.45) is 0 Å². The first-order chi connectivity index (χ1) is 8.83. The number of anilines is 1. The molecule has 0 aliphatic carbocycles. The molecule has 2 heterocycles. The van der Waals surface area contributed by atoms with Crippen LogP contribution < -0.4 is 5.32 Å². The van der Waals surface area contributed by atoms with Crippen LogP contribution >= 0.6 is 22.6 Å². The minimum atomic E-state index is -0.0949. The number of nitrogens with zero attached hydrogens (tertiary/aromatic N) is 1. The van der Waals surface area contributed by atoms with Gasteiger partial charge in [-0.3, -0.25) is 0 Å². The van der Waals surface area contributed by atoms with E-state index in [4.69, 9.17) is 4.74 Å². The molecule has 2 aromatic rings. The number of halogens is 1. The van der Waals surface area contributed by atoms with Gasteiger partial charge in [0.05, 0.1) is 6.61 Å². The van der Waals surface area contributed by atoms with Gasteiger partial charge in [0.15, 0.2) is 6.23 Å². The van der Waals surface area contributed by atoms with Crippen LogP contribution in [0.5, 0.6) is 0 Å². The predicted octanol–water partition coefficient (Wildman–Crippen LogP) is 3.37. The van der Waals surface area contributed by atoms with Crippen molar-refractivity contribution < 1.29 is 4.74 Å². The largest absolute Gasteiger partial charge is 0.354 e. The Labute approximate surface area is 120 Å². The quantitative estimate of drug-likeness (QED) is 0.842. The molecule has 1 unspecified atom stereocenters. The molecular weight excluding hydrogens is 339 g/mol. The smallest absolute Gasteiger partial charge is 0.155 e. The lowest BCUT2D eigenvalue weighted by atomic mass is 10.0. The van der Waals surface area contributed by atoms with Crippen LogP contribution in [0.25, 0.3) is 0 Å². The summed E-state index contributed by atoms with van der Waals surface area (Å²) in [6.07, 6.45) is 2.73. The molecule has 4 heteroatoms. The zero-order valence-corrected chi connectivity index (χ0v) is 11.9. The molecule has 0 fully saturated rings. The standard InChI is InChI=1S/C14H13IN2O/c15-11-5-6-13(16-9-11)17-14-12-4-2-1-3-10(12)7-8-18-14/h1-6,9,14H,7-8H2,(H,16,17). The number of hydrogen-bond donors (Lipinski definition) is 1. The van der Waals surface area contributed by atoms with Crippen LogP contribution in [-0.2, 0) is 11.2 Å². The maximum atomic E-state index is 5.79. The first kappa shape index (κ1) is 11.9. The number of rotatable bonds is 2. The highest BCUT2D eigenvalue weighted by molar-refractivity contribution is 14.1. The first-order valence-corrected chi connectivity index (χ1v) is 6.98. The molecule has 3 nitrogen and oxygen atoms in total. The summed E-state index contributed by atoms with van der Waals surface area (Å²) in [6, 6.07) is 12.4. The second-order valence-electron chi connectivity index (χ2n) is 4.21. The Morgan fingerprint density at radius 1 is 1.22 bits per heavy atom. The molecule has 0 spiro atoms. The van der Waals surface area contributed by atoms with Crippen molar-refractivity contribution in [3.8, 4) is 0 Å². The minimum Gasteiger partial charge on any atom is -0.354 e. The van der Waals surface area contributed by atoms with Gasteiger partial charge in [-0.05, 0) is 46.7 Å². The summed E-state index contributed by atoms with van der Waals surface area (Å²) >= 11 is 2.25. The SMILES string of the molecule is Ic1ccc(NC2OCCc3ccccc32)nc1. The van der Waals surface area contributed by atoms with Crippen molar-refractivity contribution in [2.45, 2.75) is 12.6 Å². The highest BCUT2D eigenvalue weighted by atomic mass is 127. The number of ether oxygens (including phenoxy) is 1. The molecule has 0 amide bonds. The molecule has 1 N–H and O–H groups in total. The van der Waals surface area contributed by atoms with Crippen LogP contribution in [-0.4, -0.2) is 11.6 Å². The van der Waals surface area contributed by atoms with Gasteiger partial charge < -0.3 is 10.1 Å². The van der Waals surface area contributed by atoms with Crippen molar-refractivity contribution in [3.05, 3.63) is 57.3 Å². The normalized spacial score (nSPS) is 18.2. The van der Waals surface area contributed by atoms with E-state index in [1.165, 1.54) is 11.1 Å². The van der Waals surface area contributed by atoms with Gasteiger partial charge in [-0.15, -0.1) is 0 Å². The Morgan fingerprint density at radius 2 is 2.11 bits per heavy atom. The van der Waals surface area contributed by atoms with Gasteiger partial charge in [0.2, 0.25) is 0 Å². The summed E-state index contributed by atoms with van der Waals surface area (Å²) in [5.41, 5.74) is 2.57. The Morgan fingerprint density at radius 3 is 2.94 bits per heavy atom. The lowest BCUT2D eigenvalue weighted by Gasteiger charge is -2.27. The fourth-order valence-electron chi connectivity index (χ4n) is 2.11. The van der Waals surface area contributed by atoms with Crippen molar-refractivity contribution >= 4 is 28.4 Å². The van der Waals surface area contributed by atoms with Crippen LogP contribution in [0.15, 0.2) is 42.6 Å². The third-order valence-electron chi connectivity index (χ3n) is 3.00. The molecule has 0 saturated carbocycles.